The van der Waals surface area contributed by atoms with Crippen molar-refractivity contribution in [3.05, 3.63) is 78.7 Å². The van der Waals surface area contributed by atoms with Crippen LogP contribution in [-0.4, -0.2) is 49.7 Å². The maximum Gasteiger partial charge on any atom is 0.271 e. The number of rotatable bonds is 7. The highest BCUT2D eigenvalue weighted by atomic mass is 32.1. The molecule has 3 aromatic rings. The molecule has 4 rings (SSSR count). The van der Waals surface area contributed by atoms with Crippen molar-refractivity contribution in [2.45, 2.75) is 26.8 Å². The molecule has 1 atom stereocenters. The minimum absolute atomic E-state index is 0.136. The summed E-state index contributed by atoms with van der Waals surface area (Å²) < 4.78 is 13.6. The molecule has 35 heavy (non-hydrogen) atoms. The van der Waals surface area contributed by atoms with Crippen LogP contribution in [0, 0.1) is 0 Å². The monoisotopic (exact) mass is 494 g/mol. The molecule has 8 nitrogen and oxygen atoms in total. The van der Waals surface area contributed by atoms with Gasteiger partial charge < -0.3 is 19.0 Å². The van der Waals surface area contributed by atoms with Crippen LogP contribution in [0.4, 0.5) is 5.88 Å². The van der Waals surface area contributed by atoms with Gasteiger partial charge in [0, 0.05) is 44.9 Å². The van der Waals surface area contributed by atoms with Crippen LogP contribution in [0.2, 0.25) is 0 Å². The Kier molecular flexibility index (Phi) is 6.98. The van der Waals surface area contributed by atoms with E-state index in [2.05, 4.69) is 0 Å². The van der Waals surface area contributed by atoms with E-state index in [0.717, 1.165) is 5.56 Å². The number of allylic oxidation sites excluding steroid dienone is 1. The maximum atomic E-state index is 13.8. The van der Waals surface area contributed by atoms with Gasteiger partial charge in [-0.05, 0) is 32.9 Å². The normalized spacial score (nSPS) is 15.6. The molecule has 0 fully saturated rings. The number of carbonyl (C=O) groups excluding carboxylic acids is 1. The van der Waals surface area contributed by atoms with Gasteiger partial charge in [-0.1, -0.05) is 29.5 Å². The number of fused-ring (bicyclic) bond motifs is 1. The summed E-state index contributed by atoms with van der Waals surface area (Å²) in [5, 5.41) is 0. The standard InChI is InChI=1S/C26H30N4O4S/c1-7-29(8-2)25(32)22-16(3)27-26-30(23(22)18-11-9-10-12-19(18)33-6)24(31)20(35-26)15-17-13-14-21(34-17)28(4)5/h9-15,23H,7-8H2,1-6H3/b20-15+/t23-/m0/s1. The van der Waals surface area contributed by atoms with Crippen molar-refractivity contribution in [3.63, 3.8) is 0 Å². The topological polar surface area (TPSA) is 80.3 Å². The van der Waals surface area contributed by atoms with Crippen molar-refractivity contribution < 1.29 is 13.9 Å². The van der Waals surface area contributed by atoms with Crippen molar-refractivity contribution >= 4 is 29.2 Å². The number of carbonyl (C=O) groups is 1. The zero-order valence-corrected chi connectivity index (χ0v) is 21.7. The Bertz CT molecular complexity index is 1460. The van der Waals surface area contributed by atoms with Crippen molar-refractivity contribution in [2.75, 3.05) is 39.2 Å². The maximum absolute atomic E-state index is 13.8. The number of benzene rings is 1. The summed E-state index contributed by atoms with van der Waals surface area (Å²) in [6.07, 6.45) is 1.72. The van der Waals surface area contributed by atoms with E-state index >= 15 is 0 Å². The highest BCUT2D eigenvalue weighted by molar-refractivity contribution is 7.07. The van der Waals surface area contributed by atoms with Gasteiger partial charge in [-0.3, -0.25) is 14.2 Å². The molecule has 0 radical (unpaired) electrons. The Morgan fingerprint density at radius 2 is 1.91 bits per heavy atom. The molecule has 184 valence electrons. The fourth-order valence-corrected chi connectivity index (χ4v) is 5.28. The van der Waals surface area contributed by atoms with Crippen molar-refractivity contribution in [3.8, 4) is 5.75 Å². The third kappa shape index (κ3) is 4.43. The lowest BCUT2D eigenvalue weighted by molar-refractivity contribution is -0.127. The van der Waals surface area contributed by atoms with Crippen LogP contribution < -0.4 is 24.5 Å². The molecule has 1 aromatic carbocycles. The molecule has 3 heterocycles. The quantitative estimate of drug-likeness (QED) is 0.505. The first-order valence-corrected chi connectivity index (χ1v) is 12.3. The number of thiazole rings is 1. The van der Waals surface area contributed by atoms with Gasteiger partial charge >= 0.3 is 0 Å². The first-order valence-electron chi connectivity index (χ1n) is 11.5. The summed E-state index contributed by atoms with van der Waals surface area (Å²) in [7, 11) is 5.37. The molecule has 1 aliphatic rings. The van der Waals surface area contributed by atoms with E-state index < -0.39 is 6.04 Å². The van der Waals surface area contributed by atoms with Crippen LogP contribution >= 0.6 is 11.3 Å². The first-order chi connectivity index (χ1) is 16.8. The molecule has 1 amide bonds. The smallest absolute Gasteiger partial charge is 0.271 e. The third-order valence-corrected chi connectivity index (χ3v) is 7.05. The number of ether oxygens (including phenoxy) is 1. The highest BCUT2D eigenvalue weighted by Crippen LogP contribution is 2.36. The second kappa shape index (κ2) is 9.95. The third-order valence-electron chi connectivity index (χ3n) is 6.06. The van der Waals surface area contributed by atoms with Gasteiger partial charge in [-0.15, -0.1) is 0 Å². The van der Waals surface area contributed by atoms with E-state index in [1.54, 1.807) is 22.7 Å². The molecular formula is C26H30N4O4S. The number of likely N-dealkylation sites (N-methyl/N-ethyl adjacent to an activating group) is 1. The molecule has 1 aliphatic heterocycles. The molecule has 0 spiro atoms. The number of hydrogen-bond donors (Lipinski definition) is 0. The van der Waals surface area contributed by atoms with E-state index in [9.17, 15) is 9.59 Å². The number of anilines is 1. The summed E-state index contributed by atoms with van der Waals surface area (Å²) in [5.74, 6) is 1.73. The zero-order valence-electron chi connectivity index (χ0n) is 20.9. The second-order valence-electron chi connectivity index (χ2n) is 8.37. The van der Waals surface area contributed by atoms with Crippen LogP contribution in [0.3, 0.4) is 0 Å². The van der Waals surface area contributed by atoms with Crippen molar-refractivity contribution in [1.29, 1.82) is 0 Å². The molecule has 0 saturated carbocycles. The molecule has 2 aromatic heterocycles. The number of para-hydroxylation sites is 1. The molecule has 0 N–H and O–H groups in total. The molecule has 0 aliphatic carbocycles. The highest BCUT2D eigenvalue weighted by Gasteiger charge is 2.35. The summed E-state index contributed by atoms with van der Waals surface area (Å²) >= 11 is 1.28. The number of methoxy groups -OCH3 is 1. The van der Waals surface area contributed by atoms with Crippen LogP contribution in [0.25, 0.3) is 6.08 Å². The summed E-state index contributed by atoms with van der Waals surface area (Å²) in [5.41, 5.74) is 1.58. The predicted octanol–water partition coefficient (Wildman–Crippen LogP) is 2.77. The Hall–Kier alpha value is -3.59. The number of aromatic nitrogens is 1. The largest absolute Gasteiger partial charge is 0.496 e. The molecule has 0 saturated heterocycles. The van der Waals surface area contributed by atoms with Crippen LogP contribution in [0.15, 0.2) is 61.9 Å². The lowest BCUT2D eigenvalue weighted by atomic mass is 9.94. The zero-order chi connectivity index (χ0) is 25.3. The fraction of sp³-hybridized carbons (Fsp3) is 0.346. The second-order valence-corrected chi connectivity index (χ2v) is 9.38. The van der Waals surface area contributed by atoms with Gasteiger partial charge in [0.1, 0.15) is 17.6 Å². The van der Waals surface area contributed by atoms with E-state index in [-0.39, 0.29) is 11.5 Å². The van der Waals surface area contributed by atoms with Crippen molar-refractivity contribution in [2.24, 2.45) is 4.99 Å². The lowest BCUT2D eigenvalue weighted by Crippen LogP contribution is -2.43. The van der Waals surface area contributed by atoms with Crippen LogP contribution in [-0.2, 0) is 4.79 Å². The van der Waals surface area contributed by atoms with Gasteiger partial charge in [0.05, 0.1) is 22.9 Å². The van der Waals surface area contributed by atoms with E-state index in [1.807, 2.05) is 76.2 Å². The van der Waals surface area contributed by atoms with Gasteiger partial charge in [-0.25, -0.2) is 4.99 Å². The SMILES string of the molecule is CCN(CC)C(=O)C1=C(C)N=c2s/c(=C/c3ccc(N(C)C)o3)c(=O)n2[C@H]1c1ccccc1OC. The molecule has 0 unspecified atom stereocenters. The van der Waals surface area contributed by atoms with Gasteiger partial charge in [-0.2, -0.15) is 0 Å². The number of furan rings is 1. The minimum Gasteiger partial charge on any atom is -0.496 e. The lowest BCUT2D eigenvalue weighted by Gasteiger charge is -2.29. The Morgan fingerprint density at radius 1 is 1.20 bits per heavy atom. The Labute approximate surface area is 208 Å². The minimum atomic E-state index is -0.661. The van der Waals surface area contributed by atoms with Crippen molar-refractivity contribution in [1.82, 2.24) is 9.47 Å². The van der Waals surface area contributed by atoms with Crippen LogP contribution in [0.5, 0.6) is 5.75 Å². The molecule has 0 bridgehead atoms. The van der Waals surface area contributed by atoms with Crippen LogP contribution in [0.1, 0.15) is 38.1 Å². The Morgan fingerprint density at radius 3 is 2.54 bits per heavy atom. The molecular weight excluding hydrogens is 464 g/mol. The molecule has 9 heteroatoms. The van der Waals surface area contributed by atoms with E-state index in [1.165, 1.54) is 11.3 Å². The number of amides is 1. The van der Waals surface area contributed by atoms with E-state index in [4.69, 9.17) is 14.1 Å². The predicted molar refractivity (Wildman–Crippen MR) is 138 cm³/mol. The average molecular weight is 495 g/mol. The van der Waals surface area contributed by atoms with Gasteiger partial charge in [0.25, 0.3) is 11.5 Å². The number of hydrogen-bond acceptors (Lipinski definition) is 7. The Balaban J connectivity index is 1.97. The van der Waals surface area contributed by atoms with Gasteiger partial charge in [0.15, 0.2) is 10.7 Å². The van der Waals surface area contributed by atoms with Gasteiger partial charge in [0.2, 0.25) is 0 Å². The summed E-state index contributed by atoms with van der Waals surface area (Å²) in [4.78, 5) is 36.3. The number of nitrogens with zero attached hydrogens (tertiary/aromatic N) is 4. The van der Waals surface area contributed by atoms with E-state index in [0.29, 0.717) is 51.1 Å². The first kappa shape index (κ1) is 24.5. The average Bonchev–Trinajstić information content (AvgIpc) is 3.43. The summed E-state index contributed by atoms with van der Waals surface area (Å²) in [6, 6.07) is 10.5. The summed E-state index contributed by atoms with van der Waals surface area (Å²) in [6.45, 7) is 6.82. The fourth-order valence-electron chi connectivity index (χ4n) is 4.25.